The molecular weight excluding hydrogens is 202 g/mol. The van der Waals surface area contributed by atoms with Gasteiger partial charge in [0, 0.05) is 12.5 Å². The second-order valence-electron chi connectivity index (χ2n) is 2.93. The fraction of sp³-hybridized carbons (Fsp3) is 0.700. The van der Waals surface area contributed by atoms with Crippen molar-refractivity contribution in [1.82, 2.24) is 0 Å². The van der Waals surface area contributed by atoms with E-state index in [0.717, 1.165) is 26.1 Å². The van der Waals surface area contributed by atoms with Crippen LogP contribution in [0.5, 0.6) is 0 Å². The van der Waals surface area contributed by atoms with Gasteiger partial charge >= 0.3 is 5.97 Å². The first-order valence-corrected chi connectivity index (χ1v) is 4.87. The van der Waals surface area contributed by atoms with Crippen molar-refractivity contribution in [1.29, 1.82) is 0 Å². The molecule has 0 heterocycles. The summed E-state index contributed by atoms with van der Waals surface area (Å²) in [6.07, 6.45) is 2.13. The summed E-state index contributed by atoms with van der Waals surface area (Å²) in [7, 11) is 0. The van der Waals surface area contributed by atoms with Crippen molar-refractivity contribution in [3.63, 3.8) is 0 Å². The molecule has 0 bridgehead atoms. The van der Waals surface area contributed by atoms with Crippen LogP contribution in [0.4, 0.5) is 0 Å². The number of quaternary nitrogens is 1. The fourth-order valence-corrected chi connectivity index (χ4v) is 1.16. The standard InChI is InChI=1S/C10H19NO2.ClH/c1-4-10(12)13-9-7-8-11(5-2)6-3;/h4H,1,5-9H2,2-3H3;1H. The number of hydrogen-bond donors (Lipinski definition) is 1. The fourth-order valence-electron chi connectivity index (χ4n) is 1.16. The first kappa shape index (κ1) is 15.9. The third-order valence-corrected chi connectivity index (χ3v) is 2.09. The molecule has 0 spiro atoms. The quantitative estimate of drug-likeness (QED) is 0.283. The van der Waals surface area contributed by atoms with Gasteiger partial charge in [0.2, 0.25) is 0 Å². The second-order valence-corrected chi connectivity index (χ2v) is 2.93. The maximum absolute atomic E-state index is 10.6. The molecule has 0 unspecified atom stereocenters. The van der Waals surface area contributed by atoms with Crippen molar-refractivity contribution in [3.05, 3.63) is 12.7 Å². The number of rotatable bonds is 7. The van der Waals surface area contributed by atoms with Crippen LogP contribution in [0.1, 0.15) is 20.3 Å². The summed E-state index contributed by atoms with van der Waals surface area (Å²) < 4.78 is 4.86. The third kappa shape index (κ3) is 8.08. The van der Waals surface area contributed by atoms with Crippen LogP contribution < -0.4 is 17.3 Å². The van der Waals surface area contributed by atoms with E-state index in [-0.39, 0.29) is 18.4 Å². The Kier molecular flexibility index (Phi) is 12.0. The molecule has 0 aromatic carbocycles. The van der Waals surface area contributed by atoms with E-state index in [1.807, 2.05) is 0 Å². The van der Waals surface area contributed by atoms with Gasteiger partial charge in [-0.3, -0.25) is 0 Å². The third-order valence-electron chi connectivity index (χ3n) is 2.09. The molecule has 0 saturated heterocycles. The lowest BCUT2D eigenvalue weighted by molar-refractivity contribution is -0.896. The molecule has 0 atom stereocenters. The van der Waals surface area contributed by atoms with Gasteiger partial charge in [0.05, 0.1) is 26.2 Å². The normalized spacial score (nSPS) is 9.36. The molecule has 0 rings (SSSR count). The number of nitrogens with one attached hydrogen (secondary N) is 1. The van der Waals surface area contributed by atoms with Gasteiger partial charge in [-0.05, 0) is 13.8 Å². The monoisotopic (exact) mass is 221 g/mol. The summed E-state index contributed by atoms with van der Waals surface area (Å²) in [6.45, 7) is 11.5. The molecule has 0 aromatic rings. The zero-order valence-corrected chi connectivity index (χ0v) is 9.77. The van der Waals surface area contributed by atoms with Crippen LogP contribution in [0.2, 0.25) is 0 Å². The summed E-state index contributed by atoms with van der Waals surface area (Å²) in [5.41, 5.74) is 0. The minimum atomic E-state index is -0.324. The lowest BCUT2D eigenvalue weighted by atomic mass is 10.4. The van der Waals surface area contributed by atoms with Gasteiger partial charge in [-0.2, -0.15) is 0 Å². The van der Waals surface area contributed by atoms with E-state index in [1.54, 1.807) is 0 Å². The predicted octanol–water partition coefficient (Wildman–Crippen LogP) is -2.97. The maximum atomic E-state index is 10.6. The van der Waals surface area contributed by atoms with Crippen LogP contribution >= 0.6 is 0 Å². The molecule has 0 fully saturated rings. The molecule has 14 heavy (non-hydrogen) atoms. The van der Waals surface area contributed by atoms with Gasteiger partial charge < -0.3 is 22.0 Å². The molecule has 0 aliphatic rings. The molecule has 0 radical (unpaired) electrons. The van der Waals surface area contributed by atoms with E-state index in [0.29, 0.717) is 6.61 Å². The molecule has 1 N–H and O–H groups in total. The zero-order chi connectivity index (χ0) is 10.1. The van der Waals surface area contributed by atoms with Crippen LogP contribution in [0.3, 0.4) is 0 Å². The number of carbonyl (C=O) groups is 1. The molecule has 0 aliphatic heterocycles. The van der Waals surface area contributed by atoms with Crippen LogP contribution in [0.15, 0.2) is 12.7 Å². The summed E-state index contributed by atoms with van der Waals surface area (Å²) in [5.74, 6) is -0.324. The smallest absolute Gasteiger partial charge is 0.330 e. The lowest BCUT2D eigenvalue weighted by Gasteiger charge is -2.14. The topological polar surface area (TPSA) is 30.7 Å². The molecule has 84 valence electrons. The van der Waals surface area contributed by atoms with Crippen molar-refractivity contribution in [3.8, 4) is 0 Å². The Bertz CT molecular complexity index is 158. The van der Waals surface area contributed by atoms with Gasteiger partial charge in [0.25, 0.3) is 0 Å². The molecular formula is C10H20ClNO2. The molecule has 0 saturated carbocycles. The van der Waals surface area contributed by atoms with E-state index in [2.05, 4.69) is 20.4 Å². The maximum Gasteiger partial charge on any atom is 0.330 e. The van der Waals surface area contributed by atoms with Crippen molar-refractivity contribution in [2.75, 3.05) is 26.2 Å². The zero-order valence-electron chi connectivity index (χ0n) is 9.01. The number of hydrogen-bond acceptors (Lipinski definition) is 2. The molecule has 0 aromatic heterocycles. The number of esters is 1. The van der Waals surface area contributed by atoms with E-state index in [9.17, 15) is 4.79 Å². The highest BCUT2D eigenvalue weighted by Gasteiger charge is 2.02. The van der Waals surface area contributed by atoms with Crippen LogP contribution in [-0.2, 0) is 9.53 Å². The summed E-state index contributed by atoms with van der Waals surface area (Å²) >= 11 is 0. The van der Waals surface area contributed by atoms with E-state index >= 15 is 0 Å². The number of ether oxygens (including phenoxy) is 1. The average molecular weight is 222 g/mol. The van der Waals surface area contributed by atoms with Gasteiger partial charge in [0.1, 0.15) is 0 Å². The molecule has 4 heteroatoms. The van der Waals surface area contributed by atoms with Gasteiger partial charge in [-0.25, -0.2) is 4.79 Å². The lowest BCUT2D eigenvalue weighted by Crippen LogP contribution is -3.11. The highest BCUT2D eigenvalue weighted by molar-refractivity contribution is 5.81. The molecule has 0 amide bonds. The van der Waals surface area contributed by atoms with Gasteiger partial charge in [0.15, 0.2) is 0 Å². The SMILES string of the molecule is C=CC(=O)OCCC[NH+](CC)CC.[Cl-]. The van der Waals surface area contributed by atoms with Gasteiger partial charge in [-0.1, -0.05) is 6.58 Å². The number of carbonyl (C=O) groups excluding carboxylic acids is 1. The van der Waals surface area contributed by atoms with Crippen LogP contribution in [0.25, 0.3) is 0 Å². The first-order valence-electron chi connectivity index (χ1n) is 4.87. The Balaban J connectivity index is 0. The van der Waals surface area contributed by atoms with Crippen molar-refractivity contribution < 1.29 is 26.8 Å². The van der Waals surface area contributed by atoms with Gasteiger partial charge in [-0.15, -0.1) is 0 Å². The van der Waals surface area contributed by atoms with Crippen LogP contribution in [0, 0.1) is 0 Å². The van der Waals surface area contributed by atoms with E-state index < -0.39 is 0 Å². The highest BCUT2D eigenvalue weighted by atomic mass is 35.5. The molecule has 3 nitrogen and oxygen atoms in total. The van der Waals surface area contributed by atoms with Crippen molar-refractivity contribution in [2.45, 2.75) is 20.3 Å². The minimum Gasteiger partial charge on any atom is -1.00 e. The summed E-state index contributed by atoms with van der Waals surface area (Å²) in [4.78, 5) is 12.2. The predicted molar refractivity (Wildman–Crippen MR) is 52.7 cm³/mol. The average Bonchev–Trinajstić information content (AvgIpc) is 2.18. The summed E-state index contributed by atoms with van der Waals surface area (Å²) in [6, 6.07) is 0. The Labute approximate surface area is 92.5 Å². The van der Waals surface area contributed by atoms with E-state index in [1.165, 1.54) is 11.0 Å². The first-order chi connectivity index (χ1) is 6.24. The Hall–Kier alpha value is -0.540. The van der Waals surface area contributed by atoms with E-state index in [4.69, 9.17) is 4.74 Å². The highest BCUT2D eigenvalue weighted by Crippen LogP contribution is 1.81. The molecule has 0 aliphatic carbocycles. The van der Waals surface area contributed by atoms with Crippen molar-refractivity contribution in [2.24, 2.45) is 0 Å². The second kappa shape index (κ2) is 10.5. The number of halogens is 1. The minimum absolute atomic E-state index is 0. The summed E-state index contributed by atoms with van der Waals surface area (Å²) in [5, 5.41) is 0. The Morgan fingerprint density at radius 2 is 2.00 bits per heavy atom. The van der Waals surface area contributed by atoms with Crippen molar-refractivity contribution >= 4 is 5.97 Å². The Morgan fingerprint density at radius 3 is 2.43 bits per heavy atom. The van der Waals surface area contributed by atoms with Crippen LogP contribution in [-0.4, -0.2) is 32.2 Å². The Morgan fingerprint density at radius 1 is 1.43 bits per heavy atom. The largest absolute Gasteiger partial charge is 1.00 e.